The fourth-order valence-corrected chi connectivity index (χ4v) is 1.85. The fraction of sp³-hybridized carbons (Fsp3) is 0.231. The van der Waals surface area contributed by atoms with Gasteiger partial charge in [0.25, 0.3) is 0 Å². The summed E-state index contributed by atoms with van der Waals surface area (Å²) in [7, 11) is 3.23. The van der Waals surface area contributed by atoms with E-state index in [1.165, 1.54) is 7.11 Å². The van der Waals surface area contributed by atoms with Crippen molar-refractivity contribution in [2.24, 2.45) is 0 Å². The molecule has 0 fully saturated rings. The first-order valence-corrected chi connectivity index (χ1v) is 5.29. The molecule has 0 aliphatic carbocycles. The Hall–Kier alpha value is -1.81. The lowest BCUT2D eigenvalue weighted by Gasteiger charge is -2.16. The number of hydrogen-bond donors (Lipinski definition) is 1. The van der Waals surface area contributed by atoms with Gasteiger partial charge in [-0.3, -0.25) is 0 Å². The van der Waals surface area contributed by atoms with Crippen LogP contribution < -0.4 is 10.1 Å². The van der Waals surface area contributed by atoms with Crippen molar-refractivity contribution in [2.45, 2.75) is 6.04 Å². The van der Waals surface area contributed by atoms with E-state index in [2.05, 4.69) is 5.32 Å². The molecular formula is C13H14FNO2. The molecule has 1 aromatic carbocycles. The highest BCUT2D eigenvalue weighted by molar-refractivity contribution is 5.37. The highest BCUT2D eigenvalue weighted by Crippen LogP contribution is 2.29. The van der Waals surface area contributed by atoms with Gasteiger partial charge in [0.05, 0.1) is 25.7 Å². The third-order valence-corrected chi connectivity index (χ3v) is 2.69. The van der Waals surface area contributed by atoms with Crippen molar-refractivity contribution < 1.29 is 13.5 Å². The minimum absolute atomic E-state index is 0.242. The molecule has 0 saturated heterocycles. The summed E-state index contributed by atoms with van der Waals surface area (Å²) >= 11 is 0. The molecule has 1 atom stereocenters. The van der Waals surface area contributed by atoms with Crippen LogP contribution in [0.1, 0.15) is 17.2 Å². The monoisotopic (exact) mass is 235 g/mol. The van der Waals surface area contributed by atoms with E-state index in [9.17, 15) is 4.39 Å². The van der Waals surface area contributed by atoms with E-state index in [0.29, 0.717) is 5.56 Å². The first-order chi connectivity index (χ1) is 8.27. The molecule has 2 rings (SSSR count). The molecule has 90 valence electrons. The van der Waals surface area contributed by atoms with Crippen LogP contribution in [0.2, 0.25) is 0 Å². The van der Waals surface area contributed by atoms with Crippen LogP contribution in [0, 0.1) is 5.82 Å². The van der Waals surface area contributed by atoms with Gasteiger partial charge >= 0.3 is 0 Å². The normalized spacial score (nSPS) is 12.4. The molecule has 4 heteroatoms. The van der Waals surface area contributed by atoms with Crippen LogP contribution in [0.5, 0.6) is 5.75 Å². The van der Waals surface area contributed by atoms with Crippen LogP contribution in [-0.4, -0.2) is 14.2 Å². The Kier molecular flexibility index (Phi) is 3.44. The number of ether oxygens (including phenoxy) is 1. The minimum Gasteiger partial charge on any atom is -0.494 e. The highest BCUT2D eigenvalue weighted by atomic mass is 19.1. The molecule has 1 N–H and O–H groups in total. The molecule has 0 spiro atoms. The molecule has 0 amide bonds. The van der Waals surface area contributed by atoms with Crippen LogP contribution in [0.25, 0.3) is 0 Å². The molecule has 17 heavy (non-hydrogen) atoms. The maximum atomic E-state index is 14.1. The second kappa shape index (κ2) is 5.01. The average molecular weight is 235 g/mol. The van der Waals surface area contributed by atoms with Crippen molar-refractivity contribution >= 4 is 0 Å². The Morgan fingerprint density at radius 3 is 2.76 bits per heavy atom. The summed E-state index contributed by atoms with van der Waals surface area (Å²) < 4.78 is 24.1. The zero-order valence-electron chi connectivity index (χ0n) is 9.74. The van der Waals surface area contributed by atoms with Crippen molar-refractivity contribution in [3.05, 3.63) is 53.7 Å². The Balaban J connectivity index is 2.44. The SMILES string of the molecule is CNC(c1ccoc1)c1cccc(OC)c1F. The average Bonchev–Trinajstić information content (AvgIpc) is 2.86. The molecule has 2 aromatic rings. The summed E-state index contributed by atoms with van der Waals surface area (Å²) in [6, 6.07) is 6.65. The molecule has 1 aromatic heterocycles. The number of rotatable bonds is 4. The zero-order chi connectivity index (χ0) is 12.3. The van der Waals surface area contributed by atoms with Gasteiger partial charge in [-0.15, -0.1) is 0 Å². The van der Waals surface area contributed by atoms with Gasteiger partial charge in [-0.05, 0) is 19.2 Å². The van der Waals surface area contributed by atoms with Gasteiger partial charge < -0.3 is 14.5 Å². The summed E-state index contributed by atoms with van der Waals surface area (Å²) in [6.07, 6.45) is 3.16. The first-order valence-electron chi connectivity index (χ1n) is 5.29. The quantitative estimate of drug-likeness (QED) is 0.884. The summed E-state index contributed by atoms with van der Waals surface area (Å²) in [5.74, 6) is -0.109. The Morgan fingerprint density at radius 1 is 1.35 bits per heavy atom. The van der Waals surface area contributed by atoms with Crippen molar-refractivity contribution in [3.63, 3.8) is 0 Å². The van der Waals surface area contributed by atoms with Gasteiger partial charge in [0.2, 0.25) is 0 Å². The summed E-state index contributed by atoms with van der Waals surface area (Å²) in [5, 5.41) is 3.06. The number of nitrogens with one attached hydrogen (secondary N) is 1. The van der Waals surface area contributed by atoms with Gasteiger partial charge in [-0.25, -0.2) is 4.39 Å². The van der Waals surface area contributed by atoms with Gasteiger partial charge in [0, 0.05) is 11.1 Å². The Bertz CT molecular complexity index is 482. The molecule has 0 aliphatic heterocycles. The van der Waals surface area contributed by atoms with Crippen LogP contribution in [-0.2, 0) is 0 Å². The minimum atomic E-state index is -0.351. The first kappa shape index (κ1) is 11.7. The summed E-state index contributed by atoms with van der Waals surface area (Å²) in [6.45, 7) is 0. The predicted octanol–water partition coefficient (Wildman–Crippen LogP) is 2.74. The summed E-state index contributed by atoms with van der Waals surface area (Å²) in [4.78, 5) is 0. The number of halogens is 1. The lowest BCUT2D eigenvalue weighted by atomic mass is 10.0. The van der Waals surface area contributed by atoms with Gasteiger partial charge in [-0.1, -0.05) is 12.1 Å². The van der Waals surface area contributed by atoms with Crippen molar-refractivity contribution in [2.75, 3.05) is 14.2 Å². The lowest BCUT2D eigenvalue weighted by Crippen LogP contribution is -2.18. The van der Waals surface area contributed by atoms with E-state index in [4.69, 9.17) is 9.15 Å². The Labute approximate surface area is 99.2 Å². The molecular weight excluding hydrogens is 221 g/mol. The van der Waals surface area contributed by atoms with E-state index in [-0.39, 0.29) is 17.6 Å². The van der Waals surface area contributed by atoms with E-state index in [1.54, 1.807) is 43.8 Å². The molecule has 1 heterocycles. The van der Waals surface area contributed by atoms with E-state index in [1.807, 2.05) is 0 Å². The smallest absolute Gasteiger partial charge is 0.170 e. The highest BCUT2D eigenvalue weighted by Gasteiger charge is 2.19. The van der Waals surface area contributed by atoms with E-state index in [0.717, 1.165) is 5.56 Å². The van der Waals surface area contributed by atoms with Crippen LogP contribution in [0.15, 0.2) is 41.2 Å². The number of benzene rings is 1. The van der Waals surface area contributed by atoms with Gasteiger partial charge in [-0.2, -0.15) is 0 Å². The molecule has 3 nitrogen and oxygen atoms in total. The van der Waals surface area contributed by atoms with Gasteiger partial charge in [0.15, 0.2) is 11.6 Å². The fourth-order valence-electron chi connectivity index (χ4n) is 1.85. The van der Waals surface area contributed by atoms with Crippen molar-refractivity contribution in [3.8, 4) is 5.75 Å². The zero-order valence-corrected chi connectivity index (χ0v) is 9.74. The third-order valence-electron chi connectivity index (χ3n) is 2.69. The molecule has 0 radical (unpaired) electrons. The largest absolute Gasteiger partial charge is 0.494 e. The number of hydrogen-bond acceptors (Lipinski definition) is 3. The van der Waals surface area contributed by atoms with Crippen molar-refractivity contribution in [1.82, 2.24) is 5.32 Å². The molecule has 1 unspecified atom stereocenters. The van der Waals surface area contributed by atoms with E-state index >= 15 is 0 Å². The van der Waals surface area contributed by atoms with Crippen molar-refractivity contribution in [1.29, 1.82) is 0 Å². The molecule has 0 saturated carbocycles. The molecule has 0 aliphatic rings. The third kappa shape index (κ3) is 2.17. The lowest BCUT2D eigenvalue weighted by molar-refractivity contribution is 0.382. The maximum Gasteiger partial charge on any atom is 0.170 e. The topological polar surface area (TPSA) is 34.4 Å². The van der Waals surface area contributed by atoms with E-state index < -0.39 is 0 Å². The van der Waals surface area contributed by atoms with Gasteiger partial charge in [0.1, 0.15) is 0 Å². The van der Waals surface area contributed by atoms with Crippen LogP contribution >= 0.6 is 0 Å². The standard InChI is InChI=1S/C13H14FNO2/c1-15-13(9-6-7-17-8-9)10-4-3-5-11(16-2)12(10)14/h3-8,13,15H,1-2H3. The molecule has 0 bridgehead atoms. The van der Waals surface area contributed by atoms with Crippen LogP contribution in [0.4, 0.5) is 4.39 Å². The number of furan rings is 1. The second-order valence-electron chi connectivity index (χ2n) is 3.64. The second-order valence-corrected chi connectivity index (χ2v) is 3.64. The van der Waals surface area contributed by atoms with Crippen LogP contribution in [0.3, 0.4) is 0 Å². The Morgan fingerprint density at radius 2 is 2.18 bits per heavy atom. The predicted molar refractivity (Wildman–Crippen MR) is 62.6 cm³/mol. The summed E-state index contributed by atoms with van der Waals surface area (Å²) in [5.41, 5.74) is 1.41. The maximum absolute atomic E-state index is 14.1. The number of methoxy groups -OCH3 is 1.